The number of hydrogen-bond acceptors (Lipinski definition) is 1. The lowest BCUT2D eigenvalue weighted by atomic mass is 10.2. The van der Waals surface area contributed by atoms with Gasteiger partial charge in [0.15, 0.2) is 0 Å². The lowest BCUT2D eigenvalue weighted by molar-refractivity contribution is 1.05. The van der Waals surface area contributed by atoms with Crippen LogP contribution in [-0.4, -0.2) is 11.6 Å². The summed E-state index contributed by atoms with van der Waals surface area (Å²) in [6, 6.07) is 19.2. The molecule has 2 aromatic carbocycles. The highest BCUT2D eigenvalue weighted by atomic mass is 15.0. The molecule has 0 saturated heterocycles. The Bertz CT molecular complexity index is 678. The molecule has 1 aromatic heterocycles. The molecule has 0 aliphatic heterocycles. The molecule has 0 unspecified atom stereocenters. The van der Waals surface area contributed by atoms with Crippen LogP contribution in [-0.2, 0) is 0 Å². The number of benzene rings is 2. The molecule has 1 heterocycles. The quantitative estimate of drug-likeness (QED) is 0.712. The lowest BCUT2D eigenvalue weighted by Gasteiger charge is -2.09. The Morgan fingerprint density at radius 3 is 2.39 bits per heavy atom. The normalized spacial score (nSPS) is 10.8. The number of para-hydroxylation sites is 1. The number of nitrogens with zero attached hydrogens (tertiary/aromatic N) is 1. The third-order valence-corrected chi connectivity index (χ3v) is 3.31. The van der Waals surface area contributed by atoms with E-state index in [0.29, 0.717) is 0 Å². The number of fused-ring (bicyclic) bond motifs is 1. The third kappa shape index (κ3) is 1.66. The standard InChI is InChI=1S/C16H16N2/c1-12-11-13-5-3-4-6-16(13)18(12)15-9-7-14(17-2)8-10-15/h3-11,17H,1-2H3. The first kappa shape index (κ1) is 10.9. The van der Waals surface area contributed by atoms with Crippen LogP contribution in [0.3, 0.4) is 0 Å². The third-order valence-electron chi connectivity index (χ3n) is 3.31. The maximum atomic E-state index is 3.14. The summed E-state index contributed by atoms with van der Waals surface area (Å²) in [6.07, 6.45) is 0. The maximum Gasteiger partial charge on any atom is 0.0531 e. The molecule has 18 heavy (non-hydrogen) atoms. The summed E-state index contributed by atoms with van der Waals surface area (Å²) in [6.45, 7) is 2.14. The first-order valence-corrected chi connectivity index (χ1v) is 6.15. The van der Waals surface area contributed by atoms with Crippen molar-refractivity contribution >= 4 is 16.6 Å². The SMILES string of the molecule is CNc1ccc(-n2c(C)cc3ccccc32)cc1. The van der Waals surface area contributed by atoms with E-state index in [4.69, 9.17) is 0 Å². The van der Waals surface area contributed by atoms with Crippen LogP contribution in [0.4, 0.5) is 5.69 Å². The highest BCUT2D eigenvalue weighted by Crippen LogP contribution is 2.24. The molecule has 0 amide bonds. The summed E-state index contributed by atoms with van der Waals surface area (Å²) in [5.41, 5.74) is 4.85. The van der Waals surface area contributed by atoms with E-state index in [1.165, 1.54) is 22.3 Å². The molecule has 2 nitrogen and oxygen atoms in total. The van der Waals surface area contributed by atoms with Gasteiger partial charge in [-0.3, -0.25) is 0 Å². The van der Waals surface area contributed by atoms with Crippen molar-refractivity contribution in [2.24, 2.45) is 0 Å². The van der Waals surface area contributed by atoms with Gasteiger partial charge in [-0.1, -0.05) is 18.2 Å². The fourth-order valence-corrected chi connectivity index (χ4v) is 2.41. The molecule has 3 aromatic rings. The number of nitrogens with one attached hydrogen (secondary N) is 1. The van der Waals surface area contributed by atoms with E-state index in [1.54, 1.807) is 0 Å². The largest absolute Gasteiger partial charge is 0.388 e. The second kappa shape index (κ2) is 4.22. The first-order valence-electron chi connectivity index (χ1n) is 6.15. The van der Waals surface area contributed by atoms with Crippen LogP contribution in [0.15, 0.2) is 54.6 Å². The van der Waals surface area contributed by atoms with E-state index in [0.717, 1.165) is 5.69 Å². The van der Waals surface area contributed by atoms with Crippen molar-refractivity contribution in [3.8, 4) is 5.69 Å². The Morgan fingerprint density at radius 2 is 1.67 bits per heavy atom. The van der Waals surface area contributed by atoms with Crippen molar-refractivity contribution in [2.45, 2.75) is 6.92 Å². The summed E-state index contributed by atoms with van der Waals surface area (Å²) in [7, 11) is 1.94. The zero-order valence-corrected chi connectivity index (χ0v) is 10.6. The Labute approximate surface area is 107 Å². The van der Waals surface area contributed by atoms with Gasteiger partial charge in [-0.15, -0.1) is 0 Å². The molecule has 0 aliphatic rings. The van der Waals surface area contributed by atoms with Gasteiger partial charge in [-0.25, -0.2) is 0 Å². The predicted molar refractivity (Wildman–Crippen MR) is 77.6 cm³/mol. The van der Waals surface area contributed by atoms with Crippen LogP contribution in [0.1, 0.15) is 5.69 Å². The number of aromatic nitrogens is 1. The van der Waals surface area contributed by atoms with Gasteiger partial charge in [0.1, 0.15) is 0 Å². The summed E-state index contributed by atoms with van der Waals surface area (Å²) in [5, 5.41) is 4.43. The molecule has 0 fully saturated rings. The van der Waals surface area contributed by atoms with E-state index >= 15 is 0 Å². The van der Waals surface area contributed by atoms with Crippen LogP contribution < -0.4 is 5.32 Å². The molecular formula is C16H16N2. The van der Waals surface area contributed by atoms with Crippen molar-refractivity contribution in [2.75, 3.05) is 12.4 Å². The minimum absolute atomic E-state index is 1.13. The minimum Gasteiger partial charge on any atom is -0.388 e. The fourth-order valence-electron chi connectivity index (χ4n) is 2.41. The van der Waals surface area contributed by atoms with Crippen molar-refractivity contribution in [1.82, 2.24) is 4.57 Å². The summed E-state index contributed by atoms with van der Waals surface area (Å²) < 4.78 is 2.29. The molecule has 0 saturated carbocycles. The van der Waals surface area contributed by atoms with Crippen LogP contribution in [0, 0.1) is 6.92 Å². The van der Waals surface area contributed by atoms with Gasteiger partial charge in [0.05, 0.1) is 5.52 Å². The van der Waals surface area contributed by atoms with Crippen LogP contribution in [0.5, 0.6) is 0 Å². The number of anilines is 1. The number of rotatable bonds is 2. The molecule has 1 N–H and O–H groups in total. The monoisotopic (exact) mass is 236 g/mol. The van der Waals surface area contributed by atoms with Gasteiger partial charge >= 0.3 is 0 Å². The van der Waals surface area contributed by atoms with Crippen LogP contribution in [0.2, 0.25) is 0 Å². The van der Waals surface area contributed by atoms with Crippen LogP contribution in [0.25, 0.3) is 16.6 Å². The smallest absolute Gasteiger partial charge is 0.0531 e. The topological polar surface area (TPSA) is 17.0 Å². The lowest BCUT2D eigenvalue weighted by Crippen LogP contribution is -1.96. The highest BCUT2D eigenvalue weighted by molar-refractivity contribution is 5.83. The molecule has 0 bridgehead atoms. The second-order valence-electron chi connectivity index (χ2n) is 4.48. The van der Waals surface area contributed by atoms with Gasteiger partial charge in [0, 0.05) is 29.5 Å². The zero-order valence-electron chi connectivity index (χ0n) is 10.6. The van der Waals surface area contributed by atoms with E-state index in [-0.39, 0.29) is 0 Å². The molecule has 0 aliphatic carbocycles. The van der Waals surface area contributed by atoms with Crippen LogP contribution >= 0.6 is 0 Å². The van der Waals surface area contributed by atoms with Crippen molar-refractivity contribution in [3.63, 3.8) is 0 Å². The van der Waals surface area contributed by atoms with Crippen molar-refractivity contribution in [3.05, 3.63) is 60.3 Å². The first-order chi connectivity index (χ1) is 8.79. The highest BCUT2D eigenvalue weighted by Gasteiger charge is 2.06. The molecule has 3 rings (SSSR count). The molecule has 2 heteroatoms. The molecule has 0 radical (unpaired) electrons. The Morgan fingerprint density at radius 1 is 0.944 bits per heavy atom. The second-order valence-corrected chi connectivity index (χ2v) is 4.48. The zero-order chi connectivity index (χ0) is 12.5. The number of aryl methyl sites for hydroxylation is 1. The molecule has 0 atom stereocenters. The van der Waals surface area contributed by atoms with Crippen molar-refractivity contribution in [1.29, 1.82) is 0 Å². The Balaban J connectivity index is 2.20. The van der Waals surface area contributed by atoms with Gasteiger partial charge in [0.2, 0.25) is 0 Å². The summed E-state index contributed by atoms with van der Waals surface area (Å²) in [5.74, 6) is 0. The van der Waals surface area contributed by atoms with Gasteiger partial charge in [-0.05, 0) is 43.3 Å². The van der Waals surface area contributed by atoms with E-state index in [2.05, 4.69) is 71.4 Å². The summed E-state index contributed by atoms with van der Waals surface area (Å²) >= 11 is 0. The van der Waals surface area contributed by atoms with E-state index in [9.17, 15) is 0 Å². The van der Waals surface area contributed by atoms with Gasteiger partial charge in [-0.2, -0.15) is 0 Å². The Kier molecular flexibility index (Phi) is 2.56. The van der Waals surface area contributed by atoms with E-state index in [1.807, 2.05) is 7.05 Å². The predicted octanol–water partition coefficient (Wildman–Crippen LogP) is 3.98. The average molecular weight is 236 g/mol. The summed E-state index contributed by atoms with van der Waals surface area (Å²) in [4.78, 5) is 0. The maximum absolute atomic E-state index is 3.14. The molecule has 90 valence electrons. The molecular weight excluding hydrogens is 220 g/mol. The van der Waals surface area contributed by atoms with Gasteiger partial charge in [0.25, 0.3) is 0 Å². The van der Waals surface area contributed by atoms with E-state index < -0.39 is 0 Å². The Hall–Kier alpha value is -2.22. The van der Waals surface area contributed by atoms with Crippen molar-refractivity contribution < 1.29 is 0 Å². The number of hydrogen-bond donors (Lipinski definition) is 1. The molecule has 0 spiro atoms. The van der Waals surface area contributed by atoms with Gasteiger partial charge < -0.3 is 9.88 Å². The fraction of sp³-hybridized carbons (Fsp3) is 0.125. The average Bonchev–Trinajstić information content (AvgIpc) is 2.75. The minimum atomic E-state index is 1.13.